The van der Waals surface area contributed by atoms with Crippen LogP contribution in [-0.4, -0.2) is 12.6 Å². The van der Waals surface area contributed by atoms with Crippen LogP contribution in [-0.2, 0) is 0 Å². The Labute approximate surface area is 111 Å². The number of rotatable bonds is 5. The maximum atomic E-state index is 4.18. The lowest BCUT2D eigenvalue weighted by atomic mass is 9.84. The van der Waals surface area contributed by atoms with Crippen LogP contribution in [0.5, 0.6) is 0 Å². The van der Waals surface area contributed by atoms with Crippen LogP contribution in [0.4, 0.5) is 0 Å². The molecule has 0 aromatic heterocycles. The van der Waals surface area contributed by atoms with E-state index in [1.807, 2.05) is 0 Å². The summed E-state index contributed by atoms with van der Waals surface area (Å²) >= 11 is 0. The molecule has 1 saturated carbocycles. The van der Waals surface area contributed by atoms with Gasteiger partial charge in [0.15, 0.2) is 0 Å². The summed E-state index contributed by atoms with van der Waals surface area (Å²) in [6.45, 7) is 7.41. The fourth-order valence-electron chi connectivity index (χ4n) is 2.86. The van der Waals surface area contributed by atoms with Gasteiger partial charge in [-0.3, -0.25) is 0 Å². The van der Waals surface area contributed by atoms with Gasteiger partial charge in [-0.1, -0.05) is 56.2 Å². The Morgan fingerprint density at radius 1 is 1.22 bits per heavy atom. The van der Waals surface area contributed by atoms with Crippen molar-refractivity contribution in [2.24, 2.45) is 5.92 Å². The molecule has 0 heterocycles. The van der Waals surface area contributed by atoms with Gasteiger partial charge in [-0.25, -0.2) is 0 Å². The summed E-state index contributed by atoms with van der Waals surface area (Å²) in [6.07, 6.45) is 7.05. The number of nitrogens with one attached hydrogen (secondary N) is 1. The molecule has 1 aliphatic carbocycles. The van der Waals surface area contributed by atoms with E-state index in [1.165, 1.54) is 43.2 Å². The molecule has 0 saturated heterocycles. The van der Waals surface area contributed by atoms with E-state index in [0.29, 0.717) is 6.04 Å². The summed E-state index contributed by atoms with van der Waals surface area (Å²) in [4.78, 5) is 0. The van der Waals surface area contributed by atoms with Crippen molar-refractivity contribution in [2.45, 2.75) is 45.1 Å². The maximum absolute atomic E-state index is 4.18. The molecule has 2 rings (SSSR count). The molecule has 18 heavy (non-hydrogen) atoms. The normalized spacial score (nSPS) is 18.5. The second-order valence-corrected chi connectivity index (χ2v) is 5.54. The third kappa shape index (κ3) is 3.71. The van der Waals surface area contributed by atoms with Crippen LogP contribution in [0.15, 0.2) is 36.9 Å². The van der Waals surface area contributed by atoms with Crippen molar-refractivity contribution in [3.8, 4) is 0 Å². The van der Waals surface area contributed by atoms with Crippen LogP contribution in [0, 0.1) is 5.92 Å². The van der Waals surface area contributed by atoms with E-state index in [9.17, 15) is 0 Å². The second-order valence-electron chi connectivity index (χ2n) is 5.54. The minimum atomic E-state index is 0.616. The molecule has 98 valence electrons. The Balaban J connectivity index is 1.78. The minimum Gasteiger partial charge on any atom is -0.310 e. The lowest BCUT2D eigenvalue weighted by Crippen LogP contribution is -2.35. The van der Waals surface area contributed by atoms with Crippen molar-refractivity contribution in [2.75, 3.05) is 6.54 Å². The Kier molecular flexibility index (Phi) is 5.00. The number of hydrogen-bond acceptors (Lipinski definition) is 1. The Hall–Kier alpha value is -1.08. The first kappa shape index (κ1) is 13.4. The van der Waals surface area contributed by atoms with Crippen LogP contribution in [0.1, 0.15) is 44.6 Å². The molecule has 1 unspecified atom stereocenters. The topological polar surface area (TPSA) is 12.0 Å². The van der Waals surface area contributed by atoms with E-state index in [1.54, 1.807) is 0 Å². The zero-order valence-electron chi connectivity index (χ0n) is 11.5. The smallest absolute Gasteiger partial charge is 0.0208 e. The highest BCUT2D eigenvalue weighted by atomic mass is 14.9. The molecular weight excluding hydrogens is 218 g/mol. The van der Waals surface area contributed by atoms with Crippen molar-refractivity contribution in [1.82, 2.24) is 5.32 Å². The standard InChI is InChI=1S/C17H25N/c1-14(16-9-5-3-6-10-16)13-18-15(2)17-11-7-4-8-12-17/h3,5-6,9-10,15,17-18H,1,4,7-8,11-13H2,2H3. The van der Waals surface area contributed by atoms with Crippen LogP contribution in [0.3, 0.4) is 0 Å². The van der Waals surface area contributed by atoms with Crippen LogP contribution in [0.25, 0.3) is 5.57 Å². The quantitative estimate of drug-likeness (QED) is 0.815. The van der Waals surface area contributed by atoms with E-state index in [4.69, 9.17) is 0 Å². The van der Waals surface area contributed by atoms with Crippen molar-refractivity contribution in [3.05, 3.63) is 42.5 Å². The summed E-state index contributed by atoms with van der Waals surface area (Å²) < 4.78 is 0. The fraction of sp³-hybridized carbons (Fsp3) is 0.529. The number of benzene rings is 1. The molecule has 0 aliphatic heterocycles. The Bertz CT molecular complexity index is 362. The molecule has 0 spiro atoms. The zero-order valence-corrected chi connectivity index (χ0v) is 11.5. The van der Waals surface area contributed by atoms with Gasteiger partial charge in [-0.05, 0) is 36.8 Å². The third-order valence-corrected chi connectivity index (χ3v) is 4.18. The fourth-order valence-corrected chi connectivity index (χ4v) is 2.86. The first-order chi connectivity index (χ1) is 8.77. The van der Waals surface area contributed by atoms with Crippen molar-refractivity contribution < 1.29 is 0 Å². The van der Waals surface area contributed by atoms with Gasteiger partial charge in [0, 0.05) is 12.6 Å². The minimum absolute atomic E-state index is 0.616. The van der Waals surface area contributed by atoms with Gasteiger partial charge in [-0.15, -0.1) is 0 Å². The lowest BCUT2D eigenvalue weighted by molar-refractivity contribution is 0.287. The zero-order chi connectivity index (χ0) is 12.8. The first-order valence-electron chi connectivity index (χ1n) is 7.24. The van der Waals surface area contributed by atoms with E-state index in [2.05, 4.69) is 49.2 Å². The van der Waals surface area contributed by atoms with Crippen LogP contribution < -0.4 is 5.32 Å². The molecule has 0 bridgehead atoms. The van der Waals surface area contributed by atoms with Crippen LogP contribution in [0.2, 0.25) is 0 Å². The Morgan fingerprint density at radius 2 is 1.89 bits per heavy atom. The average molecular weight is 243 g/mol. The summed E-state index contributed by atoms with van der Waals surface area (Å²) in [5.41, 5.74) is 2.44. The average Bonchev–Trinajstić information content (AvgIpc) is 2.46. The monoisotopic (exact) mass is 243 g/mol. The number of hydrogen-bond donors (Lipinski definition) is 1. The summed E-state index contributed by atoms with van der Waals surface area (Å²) in [7, 11) is 0. The Morgan fingerprint density at radius 3 is 2.56 bits per heavy atom. The molecule has 1 heteroatoms. The van der Waals surface area contributed by atoms with Crippen molar-refractivity contribution >= 4 is 5.57 Å². The van der Waals surface area contributed by atoms with Gasteiger partial charge in [0.1, 0.15) is 0 Å². The maximum Gasteiger partial charge on any atom is 0.0208 e. The SMILES string of the molecule is C=C(CNC(C)C1CCCCC1)c1ccccc1. The highest BCUT2D eigenvalue weighted by Gasteiger charge is 2.19. The van der Waals surface area contributed by atoms with Gasteiger partial charge in [0.2, 0.25) is 0 Å². The predicted molar refractivity (Wildman–Crippen MR) is 79.5 cm³/mol. The van der Waals surface area contributed by atoms with E-state index in [0.717, 1.165) is 12.5 Å². The molecule has 0 amide bonds. The molecule has 1 fully saturated rings. The highest BCUT2D eigenvalue weighted by molar-refractivity contribution is 5.64. The van der Waals surface area contributed by atoms with E-state index < -0.39 is 0 Å². The lowest BCUT2D eigenvalue weighted by Gasteiger charge is -2.28. The van der Waals surface area contributed by atoms with Gasteiger partial charge in [-0.2, -0.15) is 0 Å². The molecule has 0 radical (unpaired) electrons. The predicted octanol–water partition coefficient (Wildman–Crippen LogP) is 4.26. The van der Waals surface area contributed by atoms with E-state index >= 15 is 0 Å². The largest absolute Gasteiger partial charge is 0.310 e. The van der Waals surface area contributed by atoms with Crippen molar-refractivity contribution in [1.29, 1.82) is 0 Å². The highest BCUT2D eigenvalue weighted by Crippen LogP contribution is 2.26. The second kappa shape index (κ2) is 6.75. The summed E-state index contributed by atoms with van der Waals surface area (Å²) in [5.74, 6) is 0.863. The van der Waals surface area contributed by atoms with Crippen molar-refractivity contribution in [3.63, 3.8) is 0 Å². The molecular formula is C17H25N. The summed E-state index contributed by atoms with van der Waals surface area (Å²) in [5, 5.41) is 3.65. The van der Waals surface area contributed by atoms with Gasteiger partial charge in [0.05, 0.1) is 0 Å². The molecule has 1 aromatic carbocycles. The van der Waals surface area contributed by atoms with Gasteiger partial charge in [0.25, 0.3) is 0 Å². The van der Waals surface area contributed by atoms with Crippen LogP contribution >= 0.6 is 0 Å². The molecule has 1 aliphatic rings. The molecule has 1 N–H and O–H groups in total. The third-order valence-electron chi connectivity index (χ3n) is 4.18. The van der Waals surface area contributed by atoms with Gasteiger partial charge >= 0.3 is 0 Å². The molecule has 1 aromatic rings. The van der Waals surface area contributed by atoms with Gasteiger partial charge < -0.3 is 5.32 Å². The molecule has 1 nitrogen and oxygen atoms in total. The van der Waals surface area contributed by atoms with E-state index in [-0.39, 0.29) is 0 Å². The molecule has 1 atom stereocenters. The first-order valence-corrected chi connectivity index (χ1v) is 7.24. The summed E-state index contributed by atoms with van der Waals surface area (Å²) in [6, 6.07) is 11.1.